The van der Waals surface area contributed by atoms with Gasteiger partial charge in [0.15, 0.2) is 6.61 Å². The first-order valence-corrected chi connectivity index (χ1v) is 7.94. The van der Waals surface area contributed by atoms with Gasteiger partial charge >= 0.3 is 0 Å². The van der Waals surface area contributed by atoms with Crippen molar-refractivity contribution >= 4 is 17.5 Å². The standard InChI is InChI=1S/C16H25ClN2O2/c1-3-5-10-19-15(20)12-21-16-13(11-18-9-4-2)7-6-8-14(16)17/h6-8,18H,3-5,9-12H2,1-2H3,(H,19,20). The van der Waals surface area contributed by atoms with Crippen LogP contribution in [0.25, 0.3) is 0 Å². The summed E-state index contributed by atoms with van der Waals surface area (Å²) in [6, 6.07) is 5.62. The second-order valence-electron chi connectivity index (χ2n) is 4.90. The molecule has 2 N–H and O–H groups in total. The minimum absolute atomic E-state index is 0.00573. The summed E-state index contributed by atoms with van der Waals surface area (Å²) in [5.41, 5.74) is 0.970. The molecule has 0 saturated carbocycles. The second kappa shape index (κ2) is 10.5. The first kappa shape index (κ1) is 17.8. The van der Waals surface area contributed by atoms with Crippen molar-refractivity contribution in [1.29, 1.82) is 0 Å². The molecule has 0 aliphatic carbocycles. The van der Waals surface area contributed by atoms with Crippen LogP contribution in [0.2, 0.25) is 5.02 Å². The average molecular weight is 313 g/mol. The molecule has 0 fully saturated rings. The zero-order chi connectivity index (χ0) is 15.5. The van der Waals surface area contributed by atoms with E-state index in [1.807, 2.05) is 12.1 Å². The van der Waals surface area contributed by atoms with Gasteiger partial charge < -0.3 is 15.4 Å². The Hall–Kier alpha value is -1.26. The van der Waals surface area contributed by atoms with Crippen molar-refractivity contribution < 1.29 is 9.53 Å². The van der Waals surface area contributed by atoms with E-state index in [2.05, 4.69) is 24.5 Å². The maximum atomic E-state index is 11.7. The molecule has 5 heteroatoms. The third-order valence-electron chi connectivity index (χ3n) is 2.99. The number of halogens is 1. The normalized spacial score (nSPS) is 10.4. The van der Waals surface area contributed by atoms with Crippen molar-refractivity contribution in [3.8, 4) is 5.75 Å². The van der Waals surface area contributed by atoms with Crippen molar-refractivity contribution in [2.75, 3.05) is 19.7 Å². The molecule has 0 aromatic heterocycles. The molecule has 4 nitrogen and oxygen atoms in total. The molecule has 0 heterocycles. The molecule has 0 radical (unpaired) electrons. The highest BCUT2D eigenvalue weighted by Crippen LogP contribution is 2.28. The Morgan fingerprint density at radius 3 is 2.76 bits per heavy atom. The third kappa shape index (κ3) is 6.82. The Bertz CT molecular complexity index is 438. The van der Waals surface area contributed by atoms with Crippen LogP contribution in [-0.2, 0) is 11.3 Å². The van der Waals surface area contributed by atoms with Crippen molar-refractivity contribution in [3.05, 3.63) is 28.8 Å². The van der Waals surface area contributed by atoms with Gasteiger partial charge in [-0.15, -0.1) is 0 Å². The maximum absolute atomic E-state index is 11.7. The SMILES string of the molecule is CCCCNC(=O)COc1c(Cl)cccc1CNCCC. The van der Waals surface area contributed by atoms with E-state index >= 15 is 0 Å². The predicted molar refractivity (Wildman–Crippen MR) is 86.9 cm³/mol. The molecule has 1 rings (SSSR count). The van der Waals surface area contributed by atoms with Crippen LogP contribution >= 0.6 is 11.6 Å². The molecule has 0 spiro atoms. The quantitative estimate of drug-likeness (QED) is 0.653. The number of amides is 1. The first-order valence-electron chi connectivity index (χ1n) is 7.56. The van der Waals surface area contributed by atoms with Crippen molar-refractivity contribution in [3.63, 3.8) is 0 Å². The zero-order valence-corrected chi connectivity index (χ0v) is 13.6. The average Bonchev–Trinajstić information content (AvgIpc) is 2.47. The number of nitrogens with one attached hydrogen (secondary N) is 2. The third-order valence-corrected chi connectivity index (χ3v) is 3.29. The summed E-state index contributed by atoms with van der Waals surface area (Å²) in [5, 5.41) is 6.67. The van der Waals surface area contributed by atoms with Crippen molar-refractivity contribution in [1.82, 2.24) is 10.6 Å². The van der Waals surface area contributed by atoms with Crippen molar-refractivity contribution in [2.24, 2.45) is 0 Å². The monoisotopic (exact) mass is 312 g/mol. The lowest BCUT2D eigenvalue weighted by atomic mass is 10.2. The number of rotatable bonds is 10. The molecule has 21 heavy (non-hydrogen) atoms. The molecular weight excluding hydrogens is 288 g/mol. The van der Waals surface area contributed by atoms with Gasteiger partial charge in [0.25, 0.3) is 5.91 Å². The van der Waals surface area contributed by atoms with Gasteiger partial charge in [0.05, 0.1) is 5.02 Å². The van der Waals surface area contributed by atoms with Crippen LogP contribution in [0.1, 0.15) is 38.7 Å². The molecule has 0 bridgehead atoms. The van der Waals surface area contributed by atoms with Gasteiger partial charge in [-0.05, 0) is 25.5 Å². The van der Waals surface area contributed by atoms with E-state index in [4.69, 9.17) is 16.3 Å². The number of carbonyl (C=O) groups is 1. The number of hydrogen-bond acceptors (Lipinski definition) is 3. The molecule has 0 unspecified atom stereocenters. The Morgan fingerprint density at radius 2 is 2.05 bits per heavy atom. The smallest absolute Gasteiger partial charge is 0.257 e. The summed E-state index contributed by atoms with van der Waals surface area (Å²) in [6.45, 7) is 6.50. The fourth-order valence-corrected chi connectivity index (χ4v) is 2.10. The lowest BCUT2D eigenvalue weighted by Gasteiger charge is -2.13. The van der Waals surface area contributed by atoms with Crippen LogP contribution in [0.15, 0.2) is 18.2 Å². The molecule has 1 amide bonds. The van der Waals surface area contributed by atoms with E-state index in [9.17, 15) is 4.79 Å². The Morgan fingerprint density at radius 1 is 1.24 bits per heavy atom. The van der Waals surface area contributed by atoms with Gasteiger partial charge in [-0.2, -0.15) is 0 Å². The van der Waals surface area contributed by atoms with Crippen molar-refractivity contribution in [2.45, 2.75) is 39.7 Å². The van der Waals surface area contributed by atoms with E-state index in [-0.39, 0.29) is 12.5 Å². The van der Waals surface area contributed by atoms with E-state index < -0.39 is 0 Å². The van der Waals surface area contributed by atoms with E-state index in [1.54, 1.807) is 6.07 Å². The van der Waals surface area contributed by atoms with Gasteiger partial charge in [-0.25, -0.2) is 0 Å². The van der Waals surface area contributed by atoms with Gasteiger partial charge in [-0.3, -0.25) is 4.79 Å². The minimum atomic E-state index is -0.115. The highest BCUT2D eigenvalue weighted by Gasteiger charge is 2.10. The Kier molecular flexibility index (Phi) is 8.87. The largest absolute Gasteiger partial charge is 0.482 e. The number of carbonyl (C=O) groups excluding carboxylic acids is 1. The number of unbranched alkanes of at least 4 members (excludes halogenated alkanes) is 1. The van der Waals surface area contributed by atoms with Crippen LogP contribution in [0.4, 0.5) is 0 Å². The lowest BCUT2D eigenvalue weighted by Crippen LogP contribution is -2.30. The minimum Gasteiger partial charge on any atom is -0.482 e. The summed E-state index contributed by atoms with van der Waals surface area (Å²) < 4.78 is 5.61. The molecule has 0 aliphatic heterocycles. The van der Waals surface area contributed by atoms with Crippen LogP contribution < -0.4 is 15.4 Å². The fraction of sp³-hybridized carbons (Fsp3) is 0.562. The van der Waals surface area contributed by atoms with Crippen LogP contribution in [-0.4, -0.2) is 25.6 Å². The topological polar surface area (TPSA) is 50.4 Å². The highest BCUT2D eigenvalue weighted by atomic mass is 35.5. The molecule has 1 aromatic rings. The molecule has 0 aliphatic rings. The number of benzene rings is 1. The number of ether oxygens (including phenoxy) is 1. The number of hydrogen-bond donors (Lipinski definition) is 2. The van der Waals surface area contributed by atoms with Crippen LogP contribution in [0.3, 0.4) is 0 Å². The Labute approximate surface area is 132 Å². The zero-order valence-electron chi connectivity index (χ0n) is 12.9. The summed E-state index contributed by atoms with van der Waals surface area (Å²) in [5.74, 6) is 0.476. The molecule has 118 valence electrons. The van der Waals surface area contributed by atoms with E-state index in [0.717, 1.165) is 31.4 Å². The number of para-hydroxylation sites is 1. The first-order chi connectivity index (χ1) is 10.2. The van der Waals surface area contributed by atoms with E-state index in [1.165, 1.54) is 0 Å². The van der Waals surface area contributed by atoms with Crippen LogP contribution in [0.5, 0.6) is 5.75 Å². The van der Waals surface area contributed by atoms with Gasteiger partial charge in [0, 0.05) is 18.7 Å². The summed E-state index contributed by atoms with van der Waals surface area (Å²) in [4.78, 5) is 11.7. The summed E-state index contributed by atoms with van der Waals surface area (Å²) in [6.07, 6.45) is 3.10. The molecule has 0 saturated heterocycles. The molecular formula is C16H25ClN2O2. The van der Waals surface area contributed by atoms with Crippen LogP contribution in [0, 0.1) is 0 Å². The fourth-order valence-electron chi connectivity index (χ4n) is 1.85. The van der Waals surface area contributed by atoms with E-state index in [0.29, 0.717) is 23.9 Å². The summed E-state index contributed by atoms with van der Waals surface area (Å²) in [7, 11) is 0. The summed E-state index contributed by atoms with van der Waals surface area (Å²) >= 11 is 6.17. The predicted octanol–water partition coefficient (Wildman–Crippen LogP) is 3.13. The Balaban J connectivity index is 2.54. The highest BCUT2D eigenvalue weighted by molar-refractivity contribution is 6.32. The maximum Gasteiger partial charge on any atom is 0.257 e. The van der Waals surface area contributed by atoms with Gasteiger partial charge in [0.2, 0.25) is 0 Å². The second-order valence-corrected chi connectivity index (χ2v) is 5.30. The van der Waals surface area contributed by atoms with Gasteiger partial charge in [-0.1, -0.05) is 44.0 Å². The van der Waals surface area contributed by atoms with Gasteiger partial charge in [0.1, 0.15) is 5.75 Å². The molecule has 1 aromatic carbocycles. The molecule has 0 atom stereocenters. The lowest BCUT2D eigenvalue weighted by molar-refractivity contribution is -0.123.